The van der Waals surface area contributed by atoms with Gasteiger partial charge in [-0.1, -0.05) is 45.9 Å². The summed E-state index contributed by atoms with van der Waals surface area (Å²) in [5.74, 6) is 0.478. The molecule has 2 heterocycles. The summed E-state index contributed by atoms with van der Waals surface area (Å²) < 4.78 is 40.2. The average Bonchev–Trinajstić information content (AvgIpc) is 3.15. The Kier molecular flexibility index (Phi) is 16.3. The van der Waals surface area contributed by atoms with Crippen molar-refractivity contribution in [2.24, 2.45) is 11.3 Å². The predicted octanol–water partition coefficient (Wildman–Crippen LogP) is 5.92. The smallest absolute Gasteiger partial charge is 0.413 e. The zero-order valence-corrected chi connectivity index (χ0v) is 33.4. The topological polar surface area (TPSA) is 134 Å². The molecule has 300 valence electrons. The van der Waals surface area contributed by atoms with Gasteiger partial charge in [0, 0.05) is 71.7 Å². The normalized spacial score (nSPS) is 19.1. The molecule has 2 aromatic carbocycles. The minimum Gasteiger partial charge on any atom is -0.494 e. The first-order chi connectivity index (χ1) is 25.9. The van der Waals surface area contributed by atoms with Gasteiger partial charge in [-0.05, 0) is 54.7 Å². The molecule has 2 aliphatic heterocycles. The number of likely N-dealkylation sites (tertiary alicyclic amines) is 1. The molecule has 0 spiro atoms. The fraction of sp³-hybridized carbons (Fsp3) is 0.634. The molecule has 0 radical (unpaired) electrons. The highest BCUT2D eigenvalue weighted by molar-refractivity contribution is 5.81. The van der Waals surface area contributed by atoms with Gasteiger partial charge in [-0.2, -0.15) is 0 Å². The molecule has 2 aromatic rings. The van der Waals surface area contributed by atoms with Crippen LogP contribution in [0.3, 0.4) is 0 Å². The van der Waals surface area contributed by atoms with Crippen molar-refractivity contribution in [2.75, 3.05) is 72.2 Å². The Morgan fingerprint density at radius 2 is 1.69 bits per heavy atom. The molecule has 4 atom stereocenters. The van der Waals surface area contributed by atoms with E-state index in [4.69, 9.17) is 33.2 Å². The maximum Gasteiger partial charge on any atom is 0.413 e. The number of benzene rings is 2. The first-order valence-electron chi connectivity index (χ1n) is 19.1. The monoisotopic (exact) mass is 755 g/mol. The highest BCUT2D eigenvalue weighted by Crippen LogP contribution is 2.40. The fourth-order valence-electron chi connectivity index (χ4n) is 6.98. The lowest BCUT2D eigenvalue weighted by atomic mass is 9.76. The van der Waals surface area contributed by atoms with E-state index in [0.717, 1.165) is 54.2 Å². The van der Waals surface area contributed by atoms with Crippen LogP contribution < -0.4 is 19.7 Å². The number of nitrogens with zero attached hydrogens (tertiary/aromatic N) is 2. The van der Waals surface area contributed by atoms with Gasteiger partial charge in [-0.3, -0.25) is 9.59 Å². The van der Waals surface area contributed by atoms with Crippen LogP contribution in [0.25, 0.3) is 0 Å². The molecule has 1 fully saturated rings. The molecule has 1 saturated heterocycles. The largest absolute Gasteiger partial charge is 0.494 e. The summed E-state index contributed by atoms with van der Waals surface area (Å²) in [6.07, 6.45) is 0.370. The molecular formula is C41H61N3O10. The Balaban J connectivity index is 1.63. The Hall–Kier alpha value is -4.07. The van der Waals surface area contributed by atoms with Crippen molar-refractivity contribution in [2.45, 2.75) is 91.3 Å². The van der Waals surface area contributed by atoms with Crippen LogP contribution in [0.15, 0.2) is 42.5 Å². The van der Waals surface area contributed by atoms with Crippen molar-refractivity contribution < 1.29 is 47.5 Å². The van der Waals surface area contributed by atoms with E-state index in [-0.39, 0.29) is 24.3 Å². The number of carbonyl (C=O) groups excluding carboxylic acids is 3. The van der Waals surface area contributed by atoms with Crippen LogP contribution in [-0.2, 0) is 39.9 Å². The zero-order chi connectivity index (χ0) is 39.3. The molecule has 0 bridgehead atoms. The van der Waals surface area contributed by atoms with Crippen LogP contribution in [0.5, 0.6) is 11.5 Å². The van der Waals surface area contributed by atoms with Crippen molar-refractivity contribution in [1.82, 2.24) is 10.2 Å². The quantitative estimate of drug-likeness (QED) is 0.104. The van der Waals surface area contributed by atoms with E-state index in [1.54, 1.807) is 40.0 Å². The second-order valence-electron chi connectivity index (χ2n) is 15.0. The molecule has 2 aliphatic rings. The summed E-state index contributed by atoms with van der Waals surface area (Å²) in [7, 11) is 4.99. The van der Waals surface area contributed by atoms with E-state index < -0.39 is 35.9 Å². The number of fused-ring (bicyclic) bond motifs is 1. The van der Waals surface area contributed by atoms with Crippen molar-refractivity contribution in [3.63, 3.8) is 0 Å². The molecular weight excluding hydrogens is 694 g/mol. The summed E-state index contributed by atoms with van der Waals surface area (Å²) >= 11 is 0. The van der Waals surface area contributed by atoms with Gasteiger partial charge in [-0.15, -0.1) is 0 Å². The number of anilines is 1. The summed E-state index contributed by atoms with van der Waals surface area (Å²) in [6.45, 7) is 13.3. The molecule has 13 nitrogen and oxygen atoms in total. The first-order valence-corrected chi connectivity index (χ1v) is 19.1. The van der Waals surface area contributed by atoms with E-state index in [1.165, 1.54) is 6.92 Å². The Bertz CT molecular complexity index is 1500. The maximum atomic E-state index is 14.0. The number of rotatable bonds is 19. The van der Waals surface area contributed by atoms with Crippen molar-refractivity contribution in [3.05, 3.63) is 53.6 Å². The minimum atomic E-state index is -1.10. The minimum absolute atomic E-state index is 0.132. The van der Waals surface area contributed by atoms with Crippen LogP contribution in [0.4, 0.5) is 10.5 Å². The number of esters is 1. The Labute approximate surface area is 320 Å². The molecule has 0 aromatic heterocycles. The number of methoxy groups -OCH3 is 2. The number of hydrogen-bond acceptors (Lipinski definition) is 11. The number of carbonyl (C=O) groups is 3. The summed E-state index contributed by atoms with van der Waals surface area (Å²) in [5.41, 5.74) is 2.22. The van der Waals surface area contributed by atoms with Gasteiger partial charge in [0.05, 0.1) is 44.0 Å². The molecule has 4 rings (SSSR count). The summed E-state index contributed by atoms with van der Waals surface area (Å²) in [5, 5.41) is 2.77. The van der Waals surface area contributed by atoms with Crippen LogP contribution in [0.2, 0.25) is 0 Å². The van der Waals surface area contributed by atoms with E-state index >= 15 is 0 Å². The number of amides is 2. The number of hydrogen-bond donors (Lipinski definition) is 1. The molecule has 0 saturated carbocycles. The molecule has 2 amide bonds. The second kappa shape index (κ2) is 20.6. The Morgan fingerprint density at radius 3 is 2.37 bits per heavy atom. The fourth-order valence-corrected chi connectivity index (χ4v) is 6.98. The maximum absolute atomic E-state index is 14.0. The van der Waals surface area contributed by atoms with Gasteiger partial charge in [0.15, 0.2) is 0 Å². The number of ether oxygens (including phenoxy) is 7. The third-order valence-electron chi connectivity index (χ3n) is 9.93. The highest BCUT2D eigenvalue weighted by Gasteiger charge is 2.44. The number of nitrogens with one attached hydrogen (secondary N) is 1. The third kappa shape index (κ3) is 12.0. The Morgan fingerprint density at radius 1 is 0.963 bits per heavy atom. The van der Waals surface area contributed by atoms with Crippen molar-refractivity contribution >= 4 is 23.7 Å². The molecule has 1 unspecified atom stereocenters. The molecule has 1 N–H and O–H groups in total. The lowest BCUT2D eigenvalue weighted by Gasteiger charge is -2.45. The van der Waals surface area contributed by atoms with Gasteiger partial charge >= 0.3 is 12.1 Å². The third-order valence-corrected chi connectivity index (χ3v) is 9.93. The lowest BCUT2D eigenvalue weighted by Crippen LogP contribution is -2.55. The van der Waals surface area contributed by atoms with Crippen LogP contribution in [0.1, 0.15) is 77.3 Å². The average molecular weight is 756 g/mol. The van der Waals surface area contributed by atoms with Crippen LogP contribution >= 0.6 is 0 Å². The molecule has 13 heteroatoms. The van der Waals surface area contributed by atoms with Crippen molar-refractivity contribution in [1.29, 1.82) is 0 Å². The summed E-state index contributed by atoms with van der Waals surface area (Å²) in [4.78, 5) is 43.2. The SMILES string of the molecule is CNC(=O)C(C)(C)C[C@@H]1C[C@H](c2ccc(OCCCOC)cc2)[C@@H](OCc2ccc3c(c2)N(CCCOC)CCO3)CN1C(=O)OC(C)OC(=O)C(C)C. The highest BCUT2D eigenvalue weighted by atomic mass is 16.7. The van der Waals surface area contributed by atoms with Gasteiger partial charge in [-0.25, -0.2) is 4.79 Å². The van der Waals surface area contributed by atoms with Gasteiger partial charge in [0.2, 0.25) is 12.2 Å². The number of piperidine rings is 1. The van der Waals surface area contributed by atoms with E-state index in [1.807, 2.05) is 50.2 Å². The van der Waals surface area contributed by atoms with Crippen LogP contribution in [-0.4, -0.2) is 109 Å². The van der Waals surface area contributed by atoms with Gasteiger partial charge in [0.25, 0.3) is 0 Å². The van der Waals surface area contributed by atoms with E-state index in [0.29, 0.717) is 45.9 Å². The standard InChI is InChI=1S/C41H61N3O10/c1-28(2)38(45)53-29(3)54-40(47)44-26-37(52-27-30-11-16-36-35(23-30)43(18-22-51-36)17-9-19-48-7)34(24-32(44)25-41(4,5)39(46)42-6)31-12-14-33(15-13-31)50-21-10-20-49-8/h11-16,23,28-29,32,34,37H,9-10,17-22,24-27H2,1-8H3,(H,42,46)/t29?,32-,34+,37-/m0/s1. The van der Waals surface area contributed by atoms with Gasteiger partial charge < -0.3 is 48.3 Å². The summed E-state index contributed by atoms with van der Waals surface area (Å²) in [6, 6.07) is 13.7. The predicted molar refractivity (Wildman–Crippen MR) is 205 cm³/mol. The molecule has 54 heavy (non-hydrogen) atoms. The lowest BCUT2D eigenvalue weighted by molar-refractivity contribution is -0.171. The van der Waals surface area contributed by atoms with E-state index in [2.05, 4.69) is 16.3 Å². The van der Waals surface area contributed by atoms with Gasteiger partial charge in [0.1, 0.15) is 18.1 Å². The zero-order valence-electron chi connectivity index (χ0n) is 33.4. The first kappa shape index (κ1) is 42.7. The van der Waals surface area contributed by atoms with Crippen LogP contribution in [0, 0.1) is 11.3 Å². The van der Waals surface area contributed by atoms with Crippen molar-refractivity contribution in [3.8, 4) is 11.5 Å². The second-order valence-corrected chi connectivity index (χ2v) is 15.0. The van der Waals surface area contributed by atoms with E-state index in [9.17, 15) is 14.4 Å². The molecule has 0 aliphatic carbocycles.